The second kappa shape index (κ2) is 8.18. The highest BCUT2D eigenvalue weighted by atomic mass is 16.2. The molecule has 0 spiro atoms. The van der Waals surface area contributed by atoms with Crippen molar-refractivity contribution in [1.29, 1.82) is 0 Å². The summed E-state index contributed by atoms with van der Waals surface area (Å²) in [5.74, 6) is 1.11. The van der Waals surface area contributed by atoms with Gasteiger partial charge in [0.25, 0.3) is 0 Å². The lowest BCUT2D eigenvalue weighted by molar-refractivity contribution is 0.251. The van der Waals surface area contributed by atoms with Gasteiger partial charge in [-0.05, 0) is 54.1 Å². The largest absolute Gasteiger partial charge is 0.361 e. The van der Waals surface area contributed by atoms with Crippen LogP contribution in [0.3, 0.4) is 0 Å². The number of hydrogen-bond acceptors (Lipinski definition) is 5. The van der Waals surface area contributed by atoms with Crippen LogP contribution in [0.5, 0.6) is 0 Å². The number of hydrogen-bond donors (Lipinski definition) is 4. The molecule has 9 heteroatoms. The molecular weight excluding hydrogens is 428 g/mol. The van der Waals surface area contributed by atoms with Crippen LogP contribution in [0, 0.1) is 6.92 Å². The molecule has 9 nitrogen and oxygen atoms in total. The zero-order chi connectivity index (χ0) is 23.1. The van der Waals surface area contributed by atoms with Crippen LogP contribution >= 0.6 is 0 Å². The van der Waals surface area contributed by atoms with E-state index in [1.165, 1.54) is 5.56 Å². The highest BCUT2D eigenvalue weighted by Crippen LogP contribution is 2.42. The Morgan fingerprint density at radius 2 is 2.12 bits per heavy atom. The van der Waals surface area contributed by atoms with E-state index in [0.717, 1.165) is 57.7 Å². The summed E-state index contributed by atoms with van der Waals surface area (Å²) < 4.78 is 0. The highest BCUT2D eigenvalue weighted by molar-refractivity contribution is 5.94. The van der Waals surface area contributed by atoms with E-state index < -0.39 is 0 Å². The van der Waals surface area contributed by atoms with Crippen molar-refractivity contribution in [3.63, 3.8) is 0 Å². The maximum atomic E-state index is 12.6. The molecule has 0 bridgehead atoms. The van der Waals surface area contributed by atoms with Gasteiger partial charge in [-0.3, -0.25) is 5.10 Å². The zero-order valence-electron chi connectivity index (χ0n) is 18.7. The van der Waals surface area contributed by atoms with Gasteiger partial charge in [0.15, 0.2) is 5.65 Å². The predicted octanol–water partition coefficient (Wildman–Crippen LogP) is 4.59. The Kier molecular flexibility index (Phi) is 4.87. The minimum absolute atomic E-state index is 0.201. The molecule has 1 unspecified atom stereocenters. The Hall–Kier alpha value is -4.40. The number of amides is 2. The minimum atomic E-state index is -0.201. The smallest absolute Gasteiger partial charge is 0.319 e. The quantitative estimate of drug-likeness (QED) is 0.311. The van der Waals surface area contributed by atoms with Gasteiger partial charge >= 0.3 is 6.03 Å². The first-order chi connectivity index (χ1) is 16.7. The standard InChI is InChI=1S/C25H24N8O/c1-15-10-16-6-8-26-21(16)11-20(15)31-25(34)27-9-7-17-13-33(22-5-3-2-4-18(17)22)24-19-12-30-32-23(19)28-14-29-24/h2-6,8,10-12,14,17,26H,7,9,13H2,1H3,(H2,27,31,34)(H,28,29,30,32). The number of benzene rings is 2. The number of H-pyrrole nitrogens is 2. The molecule has 2 aromatic carbocycles. The Balaban J connectivity index is 1.14. The third-order valence-corrected chi connectivity index (χ3v) is 6.48. The SMILES string of the molecule is Cc1cc2cc[nH]c2cc1NC(=O)NCCC1CN(c2ncnc3[nH]ncc23)c2ccccc21. The van der Waals surface area contributed by atoms with E-state index in [2.05, 4.69) is 64.9 Å². The van der Waals surface area contributed by atoms with E-state index in [1.54, 1.807) is 12.5 Å². The summed E-state index contributed by atoms with van der Waals surface area (Å²) >= 11 is 0. The summed E-state index contributed by atoms with van der Waals surface area (Å²) in [5, 5.41) is 15.1. The summed E-state index contributed by atoms with van der Waals surface area (Å²) in [6.07, 6.45) is 6.04. The molecule has 0 fully saturated rings. The number of para-hydroxylation sites is 1. The minimum Gasteiger partial charge on any atom is -0.361 e. The van der Waals surface area contributed by atoms with Gasteiger partial charge in [0.1, 0.15) is 12.1 Å². The Morgan fingerprint density at radius 3 is 3.06 bits per heavy atom. The lowest BCUT2D eigenvalue weighted by atomic mass is 9.98. The van der Waals surface area contributed by atoms with E-state index in [0.29, 0.717) is 6.54 Å². The number of rotatable bonds is 5. The molecule has 170 valence electrons. The van der Waals surface area contributed by atoms with Crippen LogP contribution in [-0.2, 0) is 0 Å². The van der Waals surface area contributed by atoms with Crippen molar-refractivity contribution in [2.45, 2.75) is 19.3 Å². The second-order valence-electron chi connectivity index (χ2n) is 8.60. The van der Waals surface area contributed by atoms with Crippen LogP contribution in [0.4, 0.5) is 22.0 Å². The zero-order valence-corrected chi connectivity index (χ0v) is 18.7. The van der Waals surface area contributed by atoms with E-state index in [1.807, 2.05) is 31.3 Å². The first kappa shape index (κ1) is 20.2. The van der Waals surface area contributed by atoms with E-state index in [9.17, 15) is 4.79 Å². The van der Waals surface area contributed by atoms with Crippen molar-refractivity contribution in [2.75, 3.05) is 23.3 Å². The number of nitrogens with zero attached hydrogens (tertiary/aromatic N) is 4. The Morgan fingerprint density at radius 1 is 1.21 bits per heavy atom. The van der Waals surface area contributed by atoms with Gasteiger partial charge < -0.3 is 20.5 Å². The fourth-order valence-corrected chi connectivity index (χ4v) is 4.79. The molecule has 4 N–H and O–H groups in total. The highest BCUT2D eigenvalue weighted by Gasteiger charge is 2.31. The molecule has 34 heavy (non-hydrogen) atoms. The van der Waals surface area contributed by atoms with Crippen LogP contribution in [0.15, 0.2) is 61.2 Å². The number of nitrogens with one attached hydrogen (secondary N) is 4. The van der Waals surface area contributed by atoms with Crippen molar-refractivity contribution < 1.29 is 4.79 Å². The Labute approximate surface area is 195 Å². The predicted molar refractivity (Wildman–Crippen MR) is 133 cm³/mol. The van der Waals surface area contributed by atoms with Crippen molar-refractivity contribution >= 4 is 45.2 Å². The summed E-state index contributed by atoms with van der Waals surface area (Å²) in [7, 11) is 0. The van der Waals surface area contributed by atoms with Gasteiger partial charge in [0.2, 0.25) is 0 Å². The number of aryl methyl sites for hydroxylation is 1. The van der Waals surface area contributed by atoms with Crippen molar-refractivity contribution in [1.82, 2.24) is 30.5 Å². The average molecular weight is 453 g/mol. The number of urea groups is 1. The van der Waals surface area contributed by atoms with Crippen LogP contribution in [0.1, 0.15) is 23.5 Å². The fourth-order valence-electron chi connectivity index (χ4n) is 4.79. The van der Waals surface area contributed by atoms with Crippen LogP contribution < -0.4 is 15.5 Å². The van der Waals surface area contributed by atoms with Gasteiger partial charge in [-0.2, -0.15) is 5.10 Å². The molecule has 0 radical (unpaired) electrons. The molecule has 1 aliphatic rings. The van der Waals surface area contributed by atoms with Crippen molar-refractivity contribution in [3.8, 4) is 0 Å². The fraction of sp³-hybridized carbons (Fsp3) is 0.200. The summed E-state index contributed by atoms with van der Waals surface area (Å²) in [6, 6.07) is 14.2. The topological polar surface area (TPSA) is 115 Å². The van der Waals surface area contributed by atoms with Crippen molar-refractivity contribution in [3.05, 3.63) is 72.3 Å². The molecule has 2 amide bonds. The number of aromatic amines is 2. The monoisotopic (exact) mass is 452 g/mol. The average Bonchev–Trinajstić information content (AvgIpc) is 3.58. The molecule has 5 aromatic rings. The summed E-state index contributed by atoms with van der Waals surface area (Å²) in [4.78, 5) is 26.8. The first-order valence-electron chi connectivity index (χ1n) is 11.3. The number of fused-ring (bicyclic) bond motifs is 3. The van der Waals surface area contributed by atoms with Gasteiger partial charge in [-0.1, -0.05) is 18.2 Å². The summed E-state index contributed by atoms with van der Waals surface area (Å²) in [6.45, 7) is 3.34. The molecule has 4 heterocycles. The van der Waals surface area contributed by atoms with Crippen LogP contribution in [0.25, 0.3) is 21.9 Å². The summed E-state index contributed by atoms with van der Waals surface area (Å²) in [5.41, 5.74) is 5.94. The Bertz CT molecular complexity index is 1500. The molecule has 1 aliphatic heterocycles. The van der Waals surface area contributed by atoms with Gasteiger partial charge in [0.05, 0.1) is 11.6 Å². The number of carbonyl (C=O) groups excluding carboxylic acids is 1. The lowest BCUT2D eigenvalue weighted by Gasteiger charge is -2.19. The second-order valence-corrected chi connectivity index (χ2v) is 8.60. The van der Waals surface area contributed by atoms with Crippen molar-refractivity contribution in [2.24, 2.45) is 0 Å². The van der Waals surface area contributed by atoms with Gasteiger partial charge in [-0.15, -0.1) is 0 Å². The maximum absolute atomic E-state index is 12.6. The molecular formula is C25H24N8O. The molecule has 0 aliphatic carbocycles. The molecule has 0 saturated carbocycles. The number of anilines is 3. The van der Waals surface area contributed by atoms with Gasteiger partial charge in [0, 0.05) is 42.1 Å². The normalized spacial score (nSPS) is 15.1. The third kappa shape index (κ3) is 3.51. The molecule has 6 rings (SSSR count). The molecule has 3 aromatic heterocycles. The van der Waals surface area contributed by atoms with E-state index in [4.69, 9.17) is 0 Å². The van der Waals surface area contributed by atoms with Crippen LogP contribution in [0.2, 0.25) is 0 Å². The first-order valence-corrected chi connectivity index (χ1v) is 11.3. The van der Waals surface area contributed by atoms with E-state index in [-0.39, 0.29) is 11.9 Å². The van der Waals surface area contributed by atoms with Gasteiger partial charge in [-0.25, -0.2) is 14.8 Å². The molecule has 0 saturated heterocycles. The lowest BCUT2D eigenvalue weighted by Crippen LogP contribution is -2.31. The third-order valence-electron chi connectivity index (χ3n) is 6.48. The van der Waals surface area contributed by atoms with Crippen LogP contribution in [-0.4, -0.2) is 44.3 Å². The van der Waals surface area contributed by atoms with E-state index >= 15 is 0 Å². The molecule has 1 atom stereocenters. The number of aromatic nitrogens is 5. The number of carbonyl (C=O) groups is 1. The maximum Gasteiger partial charge on any atom is 0.319 e.